The summed E-state index contributed by atoms with van der Waals surface area (Å²) in [6, 6.07) is 1.40. The Hall–Kier alpha value is -1.93. The molecule has 2 rings (SSSR count). The summed E-state index contributed by atoms with van der Waals surface area (Å²) in [7, 11) is 3.92. The van der Waals surface area contributed by atoms with Gasteiger partial charge in [-0.2, -0.15) is 0 Å². The number of hydrogen-bond acceptors (Lipinski definition) is 7. The fourth-order valence-electron chi connectivity index (χ4n) is 1.82. The Morgan fingerprint density at radius 2 is 2.18 bits per heavy atom. The van der Waals surface area contributed by atoms with Crippen LogP contribution in [0.1, 0.15) is 20.9 Å². The predicted octanol–water partition coefficient (Wildman–Crippen LogP) is 1.71. The number of halogens is 1. The molecule has 0 aliphatic heterocycles. The molecule has 3 N–H and O–H groups in total. The van der Waals surface area contributed by atoms with Crippen molar-refractivity contribution < 1.29 is 4.79 Å². The van der Waals surface area contributed by atoms with Gasteiger partial charge in [-0.3, -0.25) is 4.79 Å². The lowest BCUT2D eigenvalue weighted by molar-refractivity contribution is 0.100. The third-order valence-corrected chi connectivity index (χ3v) is 4.51. The molecule has 0 aliphatic carbocycles. The van der Waals surface area contributed by atoms with Crippen molar-refractivity contribution in [3.05, 3.63) is 27.4 Å². The van der Waals surface area contributed by atoms with E-state index in [4.69, 9.17) is 17.3 Å². The van der Waals surface area contributed by atoms with Crippen LogP contribution in [0.3, 0.4) is 0 Å². The van der Waals surface area contributed by atoms with Crippen LogP contribution in [0.2, 0.25) is 5.15 Å². The second-order valence-electron chi connectivity index (χ2n) is 4.87. The molecule has 0 saturated carbocycles. The predicted molar refractivity (Wildman–Crippen MR) is 88.9 cm³/mol. The summed E-state index contributed by atoms with van der Waals surface area (Å²) in [6.07, 6.45) is 0.764. The van der Waals surface area contributed by atoms with Gasteiger partial charge in [0.1, 0.15) is 0 Å². The number of carbonyl (C=O) groups excluding carboxylic acids is 1. The van der Waals surface area contributed by atoms with Gasteiger partial charge in [-0.25, -0.2) is 4.98 Å². The average molecular weight is 341 g/mol. The number of rotatable bonds is 6. The normalized spacial score (nSPS) is 10.5. The van der Waals surface area contributed by atoms with Gasteiger partial charge in [0.2, 0.25) is 0 Å². The molecular weight excluding hydrogens is 324 g/mol. The van der Waals surface area contributed by atoms with Crippen LogP contribution in [0.4, 0.5) is 10.9 Å². The Labute approximate surface area is 137 Å². The van der Waals surface area contributed by atoms with E-state index in [0.29, 0.717) is 12.4 Å². The molecule has 22 heavy (non-hydrogen) atoms. The first-order valence-corrected chi connectivity index (χ1v) is 7.78. The van der Waals surface area contributed by atoms with Gasteiger partial charge in [0.05, 0.1) is 11.3 Å². The molecule has 2 aromatic heterocycles. The van der Waals surface area contributed by atoms with Crippen molar-refractivity contribution in [3.63, 3.8) is 0 Å². The lowest BCUT2D eigenvalue weighted by Gasteiger charge is -2.08. The van der Waals surface area contributed by atoms with E-state index in [0.717, 1.165) is 17.2 Å². The number of aromatic nitrogens is 3. The van der Waals surface area contributed by atoms with Gasteiger partial charge in [0, 0.05) is 31.9 Å². The van der Waals surface area contributed by atoms with Crippen LogP contribution in [0, 0.1) is 6.92 Å². The molecule has 2 heterocycles. The molecule has 0 aliphatic rings. The zero-order valence-electron chi connectivity index (χ0n) is 12.6. The number of primary amides is 1. The van der Waals surface area contributed by atoms with Crippen LogP contribution in [0.25, 0.3) is 0 Å². The van der Waals surface area contributed by atoms with Crippen LogP contribution in [-0.2, 0) is 6.42 Å². The van der Waals surface area contributed by atoms with Crippen molar-refractivity contribution in [2.75, 3.05) is 30.9 Å². The van der Waals surface area contributed by atoms with Gasteiger partial charge in [0.15, 0.2) is 16.1 Å². The molecule has 9 heteroatoms. The van der Waals surface area contributed by atoms with Gasteiger partial charge in [-0.1, -0.05) is 11.6 Å². The van der Waals surface area contributed by atoms with E-state index in [-0.39, 0.29) is 10.7 Å². The Morgan fingerprint density at radius 1 is 1.45 bits per heavy atom. The third-order valence-electron chi connectivity index (χ3n) is 2.94. The second-order valence-corrected chi connectivity index (χ2v) is 6.32. The lowest BCUT2D eigenvalue weighted by Crippen LogP contribution is -2.17. The Morgan fingerprint density at radius 3 is 2.77 bits per heavy atom. The van der Waals surface area contributed by atoms with E-state index in [9.17, 15) is 4.79 Å². The van der Waals surface area contributed by atoms with E-state index in [1.165, 1.54) is 10.9 Å². The average Bonchev–Trinajstić information content (AvgIpc) is 2.82. The fourth-order valence-corrected chi connectivity index (χ4v) is 2.95. The smallest absolute Gasteiger partial charge is 0.252 e. The molecule has 0 bridgehead atoms. The number of carbonyl (C=O) groups is 1. The number of nitrogens with zero attached hydrogens (tertiary/aromatic N) is 4. The number of nitrogens with two attached hydrogens (primary N) is 1. The molecule has 0 atom stereocenters. The third kappa shape index (κ3) is 3.83. The number of amides is 1. The van der Waals surface area contributed by atoms with E-state index < -0.39 is 5.91 Å². The Balaban J connectivity index is 2.04. The summed E-state index contributed by atoms with van der Waals surface area (Å²) in [5.41, 5.74) is 6.55. The summed E-state index contributed by atoms with van der Waals surface area (Å²) in [5.74, 6) is -0.255. The Kier molecular flexibility index (Phi) is 5.15. The highest BCUT2D eigenvalue weighted by Gasteiger charge is 2.13. The first-order chi connectivity index (χ1) is 10.4. The van der Waals surface area contributed by atoms with Gasteiger partial charge < -0.3 is 16.0 Å². The highest BCUT2D eigenvalue weighted by molar-refractivity contribution is 7.15. The van der Waals surface area contributed by atoms with Gasteiger partial charge >= 0.3 is 0 Å². The van der Waals surface area contributed by atoms with Crippen LogP contribution < -0.4 is 16.0 Å². The molecule has 0 fully saturated rings. The first kappa shape index (κ1) is 16.4. The van der Waals surface area contributed by atoms with Crippen molar-refractivity contribution in [1.82, 2.24) is 15.2 Å². The monoisotopic (exact) mass is 340 g/mol. The minimum Gasteiger partial charge on any atom is -0.368 e. The highest BCUT2D eigenvalue weighted by Crippen LogP contribution is 2.25. The van der Waals surface area contributed by atoms with Crippen molar-refractivity contribution >= 4 is 39.8 Å². The van der Waals surface area contributed by atoms with E-state index in [2.05, 4.69) is 20.5 Å². The molecule has 2 aromatic rings. The molecular formula is C13H17ClN6OS. The number of hydrogen-bond donors (Lipinski definition) is 2. The maximum atomic E-state index is 11.4. The quantitative estimate of drug-likeness (QED) is 0.831. The molecule has 0 spiro atoms. The largest absolute Gasteiger partial charge is 0.368 e. The number of thiazole rings is 1. The summed E-state index contributed by atoms with van der Waals surface area (Å²) in [4.78, 5) is 19.0. The first-order valence-electron chi connectivity index (χ1n) is 6.59. The van der Waals surface area contributed by atoms with Crippen molar-refractivity contribution in [2.24, 2.45) is 5.73 Å². The molecule has 0 unspecified atom stereocenters. The minimum atomic E-state index is -0.594. The van der Waals surface area contributed by atoms with Gasteiger partial charge in [0.25, 0.3) is 5.91 Å². The highest BCUT2D eigenvalue weighted by atomic mass is 35.5. The van der Waals surface area contributed by atoms with Crippen LogP contribution in [-0.4, -0.2) is 41.7 Å². The standard InChI is InChI=1S/C13H17ClN6OS/c1-7-9(22-13(17-7)20(2)3)4-5-16-12-8(11(15)21)6-10(14)18-19-12/h6H,4-5H2,1-3H3,(H2,15,21)(H,16,19). The fraction of sp³-hybridized carbons (Fsp3) is 0.385. The van der Waals surface area contributed by atoms with Gasteiger partial charge in [-0.15, -0.1) is 21.5 Å². The van der Waals surface area contributed by atoms with E-state index >= 15 is 0 Å². The summed E-state index contributed by atoms with van der Waals surface area (Å²) in [6.45, 7) is 2.57. The molecule has 7 nitrogen and oxygen atoms in total. The number of nitrogens with one attached hydrogen (secondary N) is 1. The van der Waals surface area contributed by atoms with Crippen molar-refractivity contribution in [3.8, 4) is 0 Å². The number of aryl methyl sites for hydroxylation is 1. The SMILES string of the molecule is Cc1nc(N(C)C)sc1CCNc1nnc(Cl)cc1C(N)=O. The summed E-state index contributed by atoms with van der Waals surface area (Å²) < 4.78 is 0. The molecule has 0 aromatic carbocycles. The zero-order chi connectivity index (χ0) is 16.3. The van der Waals surface area contributed by atoms with Crippen LogP contribution >= 0.6 is 22.9 Å². The maximum Gasteiger partial charge on any atom is 0.252 e. The molecule has 0 radical (unpaired) electrons. The number of anilines is 2. The zero-order valence-corrected chi connectivity index (χ0v) is 14.1. The molecule has 118 valence electrons. The minimum absolute atomic E-state index is 0.133. The summed E-state index contributed by atoms with van der Waals surface area (Å²) >= 11 is 7.37. The van der Waals surface area contributed by atoms with Gasteiger partial charge in [-0.05, 0) is 13.0 Å². The lowest BCUT2D eigenvalue weighted by atomic mass is 10.2. The van der Waals surface area contributed by atoms with Crippen LogP contribution in [0.15, 0.2) is 6.07 Å². The summed E-state index contributed by atoms with van der Waals surface area (Å²) in [5, 5.41) is 11.8. The molecule has 1 amide bonds. The molecule has 0 saturated heterocycles. The second kappa shape index (κ2) is 6.89. The van der Waals surface area contributed by atoms with E-state index in [1.54, 1.807) is 11.3 Å². The Bertz CT molecular complexity index is 687. The maximum absolute atomic E-state index is 11.4. The van der Waals surface area contributed by atoms with E-state index in [1.807, 2.05) is 25.9 Å². The van der Waals surface area contributed by atoms with Crippen LogP contribution in [0.5, 0.6) is 0 Å². The van der Waals surface area contributed by atoms with Crippen molar-refractivity contribution in [1.29, 1.82) is 0 Å². The topological polar surface area (TPSA) is 97.0 Å². The van der Waals surface area contributed by atoms with Crippen molar-refractivity contribution in [2.45, 2.75) is 13.3 Å².